The third kappa shape index (κ3) is 3.06. The smallest absolute Gasteiger partial charge is 0.307 e. The lowest BCUT2D eigenvalue weighted by molar-refractivity contribution is 0.0926. The number of nitrogens with one attached hydrogen (secondary N) is 1. The predicted molar refractivity (Wildman–Crippen MR) is 75.8 cm³/mol. The zero-order valence-corrected chi connectivity index (χ0v) is 11.4. The van der Waals surface area contributed by atoms with Crippen molar-refractivity contribution >= 4 is 11.6 Å². The molecule has 2 rings (SSSR count). The van der Waals surface area contributed by atoms with E-state index in [1.165, 1.54) is 0 Å². The lowest BCUT2D eigenvalue weighted by Gasteiger charge is -2.06. The highest BCUT2D eigenvalue weighted by molar-refractivity contribution is 6.03. The van der Waals surface area contributed by atoms with Crippen LogP contribution in [0.1, 0.15) is 35.2 Å². The van der Waals surface area contributed by atoms with Crippen molar-refractivity contribution < 1.29 is 14.3 Å². The Morgan fingerprint density at radius 1 is 1.30 bits per heavy atom. The molecule has 0 spiro atoms. The third-order valence-corrected chi connectivity index (χ3v) is 2.81. The summed E-state index contributed by atoms with van der Waals surface area (Å²) in [7, 11) is 0. The van der Waals surface area contributed by atoms with Gasteiger partial charge in [-0.1, -0.05) is 19.1 Å². The molecule has 0 aliphatic heterocycles. The van der Waals surface area contributed by atoms with Crippen LogP contribution in [0.15, 0.2) is 45.9 Å². The maximum Gasteiger partial charge on any atom is 0.307 e. The quantitative estimate of drug-likeness (QED) is 0.664. The molecule has 0 radical (unpaired) electrons. The first-order chi connectivity index (χ1) is 9.61. The lowest BCUT2D eigenvalue weighted by atomic mass is 10.1. The van der Waals surface area contributed by atoms with E-state index in [1.807, 2.05) is 6.92 Å². The molecule has 5 heteroatoms. The summed E-state index contributed by atoms with van der Waals surface area (Å²) in [5.41, 5.74) is 3.63. The molecule has 20 heavy (non-hydrogen) atoms. The lowest BCUT2D eigenvalue weighted by Crippen LogP contribution is -2.19. The molecule has 0 bridgehead atoms. The van der Waals surface area contributed by atoms with Gasteiger partial charge in [-0.15, -0.1) is 0 Å². The van der Waals surface area contributed by atoms with E-state index >= 15 is 0 Å². The van der Waals surface area contributed by atoms with Crippen LogP contribution in [0, 0.1) is 6.92 Å². The first-order valence-corrected chi connectivity index (χ1v) is 6.33. The van der Waals surface area contributed by atoms with Crippen molar-refractivity contribution in [3.8, 4) is 5.75 Å². The summed E-state index contributed by atoms with van der Waals surface area (Å²) in [5.74, 6) is 0.588. The van der Waals surface area contributed by atoms with Crippen molar-refractivity contribution in [2.75, 3.05) is 0 Å². The second-order valence-electron chi connectivity index (χ2n) is 4.28. The summed E-state index contributed by atoms with van der Waals surface area (Å²) in [6.45, 7) is 3.66. The fraction of sp³-hybridized carbons (Fsp3) is 0.200. The van der Waals surface area contributed by atoms with Gasteiger partial charge in [0.05, 0.1) is 5.71 Å². The molecule has 0 unspecified atom stereocenters. The monoisotopic (exact) mass is 272 g/mol. The van der Waals surface area contributed by atoms with E-state index in [-0.39, 0.29) is 11.5 Å². The molecular formula is C15H16N2O3. The minimum Gasteiger partial charge on any atom is -0.507 e. The van der Waals surface area contributed by atoms with Crippen molar-refractivity contribution in [3.05, 3.63) is 53.5 Å². The van der Waals surface area contributed by atoms with Gasteiger partial charge in [0.1, 0.15) is 11.5 Å². The number of aryl methyl sites for hydroxylation is 1. The van der Waals surface area contributed by atoms with Gasteiger partial charge in [0.15, 0.2) is 5.76 Å². The molecule has 0 aliphatic rings. The standard InChI is InChI=1S/C15H16N2O3/c1-3-12(11-6-4-5-7-13(11)18)16-17-15(19)14-9-8-10(2)20-14/h4-9,18H,3H2,1-2H3,(H,17,19)/b16-12+. The summed E-state index contributed by atoms with van der Waals surface area (Å²) >= 11 is 0. The van der Waals surface area contributed by atoms with E-state index in [4.69, 9.17) is 4.42 Å². The number of amides is 1. The Morgan fingerprint density at radius 3 is 2.65 bits per heavy atom. The molecule has 1 heterocycles. The molecule has 1 aromatic carbocycles. The molecule has 0 atom stereocenters. The van der Waals surface area contributed by atoms with Gasteiger partial charge < -0.3 is 9.52 Å². The first-order valence-electron chi connectivity index (χ1n) is 6.33. The number of aromatic hydroxyl groups is 1. The number of phenolic OH excluding ortho intramolecular Hbond substituents is 1. The van der Waals surface area contributed by atoms with Crippen LogP contribution < -0.4 is 5.43 Å². The molecule has 5 nitrogen and oxygen atoms in total. The van der Waals surface area contributed by atoms with Gasteiger partial charge in [0.2, 0.25) is 0 Å². The molecule has 0 saturated carbocycles. The van der Waals surface area contributed by atoms with Crippen molar-refractivity contribution in [3.63, 3.8) is 0 Å². The molecule has 2 N–H and O–H groups in total. The maximum atomic E-state index is 11.8. The summed E-state index contributed by atoms with van der Waals surface area (Å²) in [5, 5.41) is 13.8. The van der Waals surface area contributed by atoms with Crippen molar-refractivity contribution in [1.82, 2.24) is 5.43 Å². The van der Waals surface area contributed by atoms with Crippen molar-refractivity contribution in [2.45, 2.75) is 20.3 Å². The number of hydrazone groups is 1. The Hall–Kier alpha value is -2.56. The van der Waals surface area contributed by atoms with Gasteiger partial charge in [-0.25, -0.2) is 5.43 Å². The van der Waals surface area contributed by atoms with Crippen LogP contribution >= 0.6 is 0 Å². The predicted octanol–water partition coefficient (Wildman–Crippen LogP) is 2.84. The number of para-hydroxylation sites is 1. The van der Waals surface area contributed by atoms with Crippen LogP contribution in [-0.4, -0.2) is 16.7 Å². The van der Waals surface area contributed by atoms with E-state index in [0.29, 0.717) is 23.5 Å². The Bertz CT molecular complexity index is 644. The minimum absolute atomic E-state index is 0.135. The van der Waals surface area contributed by atoms with Crippen LogP contribution in [0.25, 0.3) is 0 Å². The van der Waals surface area contributed by atoms with E-state index in [0.717, 1.165) is 0 Å². The van der Waals surface area contributed by atoms with E-state index in [1.54, 1.807) is 43.3 Å². The van der Waals surface area contributed by atoms with Crippen LogP contribution in [-0.2, 0) is 0 Å². The van der Waals surface area contributed by atoms with E-state index in [9.17, 15) is 9.90 Å². The number of hydrogen-bond acceptors (Lipinski definition) is 4. The highest BCUT2D eigenvalue weighted by Crippen LogP contribution is 2.17. The number of carbonyl (C=O) groups is 1. The molecule has 104 valence electrons. The maximum absolute atomic E-state index is 11.8. The number of carbonyl (C=O) groups excluding carboxylic acids is 1. The summed E-state index contributed by atoms with van der Waals surface area (Å²) in [6, 6.07) is 10.2. The summed E-state index contributed by atoms with van der Waals surface area (Å²) < 4.78 is 5.21. The topological polar surface area (TPSA) is 74.8 Å². The van der Waals surface area contributed by atoms with Crippen LogP contribution in [0.5, 0.6) is 5.75 Å². The van der Waals surface area contributed by atoms with Crippen LogP contribution in [0.2, 0.25) is 0 Å². The molecule has 0 saturated heterocycles. The number of furan rings is 1. The van der Waals surface area contributed by atoms with E-state index < -0.39 is 5.91 Å². The van der Waals surface area contributed by atoms with Gasteiger partial charge in [-0.2, -0.15) is 5.10 Å². The highest BCUT2D eigenvalue weighted by atomic mass is 16.3. The fourth-order valence-corrected chi connectivity index (χ4v) is 1.78. The molecular weight excluding hydrogens is 256 g/mol. The average Bonchev–Trinajstić information content (AvgIpc) is 2.88. The summed E-state index contributed by atoms with van der Waals surface area (Å²) in [6.07, 6.45) is 0.578. The highest BCUT2D eigenvalue weighted by Gasteiger charge is 2.11. The number of hydrogen-bond donors (Lipinski definition) is 2. The zero-order valence-electron chi connectivity index (χ0n) is 11.4. The van der Waals surface area contributed by atoms with Crippen LogP contribution in [0.4, 0.5) is 0 Å². The third-order valence-electron chi connectivity index (χ3n) is 2.81. The number of rotatable bonds is 4. The minimum atomic E-state index is -0.417. The van der Waals surface area contributed by atoms with Gasteiger partial charge in [0.25, 0.3) is 0 Å². The Kier molecular flexibility index (Phi) is 4.20. The Balaban J connectivity index is 2.16. The molecule has 0 aliphatic carbocycles. The van der Waals surface area contributed by atoms with Crippen LogP contribution in [0.3, 0.4) is 0 Å². The Labute approximate surface area is 116 Å². The van der Waals surface area contributed by atoms with Gasteiger partial charge in [-0.3, -0.25) is 4.79 Å². The van der Waals surface area contributed by atoms with E-state index in [2.05, 4.69) is 10.5 Å². The first kappa shape index (κ1) is 13.9. The molecule has 0 fully saturated rings. The summed E-state index contributed by atoms with van der Waals surface area (Å²) in [4.78, 5) is 11.8. The van der Waals surface area contributed by atoms with Crippen molar-refractivity contribution in [2.24, 2.45) is 5.10 Å². The average molecular weight is 272 g/mol. The van der Waals surface area contributed by atoms with Crippen molar-refractivity contribution in [1.29, 1.82) is 0 Å². The van der Waals surface area contributed by atoms with Gasteiger partial charge in [-0.05, 0) is 37.6 Å². The normalized spacial score (nSPS) is 11.4. The number of nitrogens with zero attached hydrogens (tertiary/aromatic N) is 1. The van der Waals surface area contributed by atoms with Gasteiger partial charge >= 0.3 is 5.91 Å². The molecule has 1 aromatic heterocycles. The fourth-order valence-electron chi connectivity index (χ4n) is 1.78. The number of phenols is 1. The number of benzene rings is 1. The largest absolute Gasteiger partial charge is 0.507 e. The second-order valence-corrected chi connectivity index (χ2v) is 4.28. The second kappa shape index (κ2) is 6.06. The SMILES string of the molecule is CC/C(=N\NC(=O)c1ccc(C)o1)c1ccccc1O. The molecule has 1 amide bonds. The Morgan fingerprint density at radius 2 is 2.05 bits per heavy atom. The zero-order chi connectivity index (χ0) is 14.5. The van der Waals surface area contributed by atoms with Gasteiger partial charge in [0, 0.05) is 5.56 Å². The molecule has 2 aromatic rings.